The van der Waals surface area contributed by atoms with E-state index in [9.17, 15) is 34.2 Å². The number of hydrogen-bond donors (Lipinski definition) is 10. The molecule has 14 N–H and O–H groups in total. The van der Waals surface area contributed by atoms with Crippen LogP contribution in [0.3, 0.4) is 0 Å². The third-order valence-electron chi connectivity index (χ3n) is 5.87. The van der Waals surface area contributed by atoms with E-state index in [0.29, 0.717) is 12.0 Å². The van der Waals surface area contributed by atoms with Crippen molar-refractivity contribution in [1.29, 1.82) is 0 Å². The number of amides is 4. The average molecular weight is 562 g/mol. The number of fused-ring (bicyclic) bond motifs is 1. The molecule has 0 radical (unpaired) electrons. The van der Waals surface area contributed by atoms with Crippen molar-refractivity contribution < 1.29 is 34.2 Å². The van der Waals surface area contributed by atoms with E-state index in [2.05, 4.69) is 25.9 Å². The Morgan fingerprint density at radius 2 is 1.55 bits per heavy atom. The number of nitrogens with two attached hydrogens (primary N) is 4. The molecule has 0 aliphatic heterocycles. The first-order valence-electron chi connectivity index (χ1n) is 12.3. The highest BCUT2D eigenvalue weighted by Gasteiger charge is 2.31. The van der Waals surface area contributed by atoms with Crippen LogP contribution in [-0.2, 0) is 30.4 Å². The summed E-state index contributed by atoms with van der Waals surface area (Å²) in [6.07, 6.45) is 1.42. The maximum Gasteiger partial charge on any atom is 0.326 e. The van der Waals surface area contributed by atoms with Crippen molar-refractivity contribution in [1.82, 2.24) is 20.9 Å². The molecule has 0 aliphatic rings. The number of aliphatic hydroxyl groups is 1. The second-order valence-electron chi connectivity index (χ2n) is 8.99. The number of aliphatic hydroxyl groups excluding tert-OH is 1. The largest absolute Gasteiger partial charge is 0.480 e. The fourth-order valence-corrected chi connectivity index (χ4v) is 3.80. The van der Waals surface area contributed by atoms with Crippen LogP contribution in [0.1, 0.15) is 24.8 Å². The predicted octanol–water partition coefficient (Wildman–Crippen LogP) is -3.50. The zero-order chi connectivity index (χ0) is 29.8. The number of benzene rings is 1. The van der Waals surface area contributed by atoms with E-state index < -0.39 is 66.8 Å². The SMILES string of the molecule is NC(=O)CC(NC(=O)C(N)CCCN=C(N)N)C(=O)NC(CO)C(=O)NC(Cc1c[nH]c2ccccc12)C(=O)O. The number of guanidine groups is 1. The van der Waals surface area contributed by atoms with Gasteiger partial charge in [0.2, 0.25) is 23.6 Å². The summed E-state index contributed by atoms with van der Waals surface area (Å²) in [5.41, 5.74) is 22.9. The quantitative estimate of drug-likeness (QED) is 0.0547. The second kappa shape index (κ2) is 15.0. The summed E-state index contributed by atoms with van der Waals surface area (Å²) in [5, 5.41) is 27.0. The van der Waals surface area contributed by atoms with Crippen LogP contribution in [0.25, 0.3) is 10.9 Å². The van der Waals surface area contributed by atoms with Gasteiger partial charge in [0.1, 0.15) is 18.1 Å². The number of aromatic nitrogens is 1. The summed E-state index contributed by atoms with van der Waals surface area (Å²) < 4.78 is 0. The van der Waals surface area contributed by atoms with E-state index >= 15 is 0 Å². The molecule has 2 rings (SSSR count). The number of carboxylic acids is 1. The molecule has 40 heavy (non-hydrogen) atoms. The molecule has 0 bridgehead atoms. The van der Waals surface area contributed by atoms with Gasteiger partial charge in [0.25, 0.3) is 0 Å². The number of rotatable bonds is 16. The number of para-hydroxylation sites is 1. The smallest absolute Gasteiger partial charge is 0.326 e. The minimum atomic E-state index is -1.60. The average Bonchev–Trinajstić information content (AvgIpc) is 3.30. The van der Waals surface area contributed by atoms with Gasteiger partial charge in [0, 0.05) is 30.1 Å². The van der Waals surface area contributed by atoms with E-state index in [1.807, 2.05) is 12.1 Å². The van der Waals surface area contributed by atoms with Gasteiger partial charge >= 0.3 is 5.97 Å². The van der Waals surface area contributed by atoms with Gasteiger partial charge in [-0.3, -0.25) is 24.2 Å². The van der Waals surface area contributed by atoms with Gasteiger partial charge in [-0.15, -0.1) is 0 Å². The van der Waals surface area contributed by atoms with E-state index in [0.717, 1.165) is 10.9 Å². The highest BCUT2D eigenvalue weighted by molar-refractivity contribution is 5.96. The molecule has 0 saturated carbocycles. The van der Waals surface area contributed by atoms with Crippen molar-refractivity contribution in [3.63, 3.8) is 0 Å². The molecule has 4 unspecified atom stereocenters. The lowest BCUT2D eigenvalue weighted by Crippen LogP contribution is -2.58. The zero-order valence-electron chi connectivity index (χ0n) is 21.6. The van der Waals surface area contributed by atoms with Crippen molar-refractivity contribution in [2.24, 2.45) is 27.9 Å². The third-order valence-corrected chi connectivity index (χ3v) is 5.87. The number of carboxylic acid groups (broad SMARTS) is 1. The Morgan fingerprint density at radius 3 is 2.17 bits per heavy atom. The lowest BCUT2D eigenvalue weighted by Gasteiger charge is -2.23. The van der Waals surface area contributed by atoms with Gasteiger partial charge in [-0.25, -0.2) is 4.79 Å². The van der Waals surface area contributed by atoms with Crippen LogP contribution in [0.2, 0.25) is 0 Å². The molecule has 16 heteroatoms. The van der Waals surface area contributed by atoms with Gasteiger partial charge in [-0.05, 0) is 24.5 Å². The molecule has 1 heterocycles. The van der Waals surface area contributed by atoms with Crippen LogP contribution in [0.4, 0.5) is 0 Å². The van der Waals surface area contributed by atoms with Crippen LogP contribution < -0.4 is 38.9 Å². The number of carbonyl (C=O) groups excluding carboxylic acids is 4. The van der Waals surface area contributed by atoms with Crippen LogP contribution >= 0.6 is 0 Å². The summed E-state index contributed by atoms with van der Waals surface area (Å²) in [6, 6.07) is 1.62. The molecule has 0 saturated heterocycles. The minimum absolute atomic E-state index is 0.0847. The molecule has 0 fully saturated rings. The van der Waals surface area contributed by atoms with Crippen molar-refractivity contribution >= 4 is 46.5 Å². The van der Waals surface area contributed by atoms with Gasteiger partial charge in [0.05, 0.1) is 19.1 Å². The number of aliphatic imine (C=N–C) groups is 1. The predicted molar refractivity (Wildman–Crippen MR) is 144 cm³/mol. The fraction of sp³-hybridized carbons (Fsp3) is 0.417. The minimum Gasteiger partial charge on any atom is -0.480 e. The molecular weight excluding hydrogens is 526 g/mol. The topological polar surface area (TPSA) is 294 Å². The normalized spacial score (nSPS) is 13.8. The number of carbonyl (C=O) groups is 5. The maximum atomic E-state index is 12.8. The van der Waals surface area contributed by atoms with Crippen molar-refractivity contribution in [3.05, 3.63) is 36.0 Å². The van der Waals surface area contributed by atoms with E-state index in [4.69, 9.17) is 22.9 Å². The monoisotopic (exact) mass is 561 g/mol. The summed E-state index contributed by atoms with van der Waals surface area (Å²) in [4.78, 5) is 68.3. The maximum absolute atomic E-state index is 12.8. The molecule has 4 atom stereocenters. The number of primary amides is 1. The lowest BCUT2D eigenvalue weighted by atomic mass is 10.0. The standard InChI is InChI=1S/C24H35N9O7/c25-14(5-3-7-29-24(27)28)20(36)31-16(9-19(26)35)21(37)33-18(11-34)22(38)32-17(23(39)40)8-12-10-30-15-6-2-1-4-13(12)15/h1-2,4,6,10,14,16-18,30,34H,3,5,7-9,11,25H2,(H2,26,35)(H,31,36)(H,32,38)(H,33,37)(H,39,40)(H4,27,28,29). The van der Waals surface area contributed by atoms with E-state index in [1.165, 1.54) is 0 Å². The zero-order valence-corrected chi connectivity index (χ0v) is 21.6. The van der Waals surface area contributed by atoms with Crippen molar-refractivity contribution in [2.45, 2.75) is 49.9 Å². The van der Waals surface area contributed by atoms with Gasteiger partial charge in [-0.1, -0.05) is 18.2 Å². The molecule has 16 nitrogen and oxygen atoms in total. The Labute approximate surface area is 228 Å². The Kier molecular flexibility index (Phi) is 11.8. The van der Waals surface area contributed by atoms with Gasteiger partial charge in [-0.2, -0.15) is 0 Å². The summed E-state index contributed by atoms with van der Waals surface area (Å²) in [5.74, 6) is -5.18. The molecule has 0 spiro atoms. The molecule has 2 aromatic rings. The summed E-state index contributed by atoms with van der Waals surface area (Å²) in [6.45, 7) is -0.683. The second-order valence-corrected chi connectivity index (χ2v) is 8.99. The van der Waals surface area contributed by atoms with E-state index in [1.54, 1.807) is 18.3 Å². The van der Waals surface area contributed by atoms with Crippen molar-refractivity contribution in [3.8, 4) is 0 Å². The Morgan fingerprint density at radius 1 is 0.925 bits per heavy atom. The lowest BCUT2D eigenvalue weighted by molar-refractivity contribution is -0.142. The molecule has 0 aliphatic carbocycles. The van der Waals surface area contributed by atoms with Crippen LogP contribution in [0, 0.1) is 0 Å². The molecule has 218 valence electrons. The third kappa shape index (κ3) is 9.55. The van der Waals surface area contributed by atoms with Crippen LogP contribution in [0.5, 0.6) is 0 Å². The number of aliphatic carboxylic acids is 1. The van der Waals surface area contributed by atoms with Crippen LogP contribution in [-0.4, -0.2) is 88.1 Å². The highest BCUT2D eigenvalue weighted by atomic mass is 16.4. The van der Waals surface area contributed by atoms with E-state index in [-0.39, 0.29) is 25.3 Å². The molecule has 4 amide bonds. The first kappa shape index (κ1) is 31.5. The summed E-state index contributed by atoms with van der Waals surface area (Å²) in [7, 11) is 0. The first-order valence-corrected chi connectivity index (χ1v) is 12.3. The Hall–Kier alpha value is -4.70. The van der Waals surface area contributed by atoms with Crippen LogP contribution in [0.15, 0.2) is 35.5 Å². The molecule has 1 aromatic carbocycles. The fourth-order valence-electron chi connectivity index (χ4n) is 3.80. The number of nitrogens with one attached hydrogen (secondary N) is 4. The number of H-pyrrole nitrogens is 1. The Bertz CT molecular complexity index is 1240. The summed E-state index contributed by atoms with van der Waals surface area (Å²) >= 11 is 0. The molecule has 1 aromatic heterocycles. The Balaban J connectivity index is 2.04. The van der Waals surface area contributed by atoms with Gasteiger partial charge < -0.3 is 54.1 Å². The highest BCUT2D eigenvalue weighted by Crippen LogP contribution is 2.19. The number of aromatic amines is 1. The van der Waals surface area contributed by atoms with Gasteiger partial charge in [0.15, 0.2) is 5.96 Å². The molecular formula is C24H35N9O7. The number of hydrogen-bond acceptors (Lipinski definition) is 8. The van der Waals surface area contributed by atoms with Crippen molar-refractivity contribution in [2.75, 3.05) is 13.2 Å². The first-order chi connectivity index (χ1) is 18.9. The number of nitrogens with zero attached hydrogens (tertiary/aromatic N) is 1.